The van der Waals surface area contributed by atoms with E-state index in [-0.39, 0.29) is 29.5 Å². The highest BCUT2D eigenvalue weighted by Gasteiger charge is 2.29. The van der Waals surface area contributed by atoms with Crippen LogP contribution in [0.15, 0.2) is 42.6 Å². The number of rotatable bonds is 8. The van der Waals surface area contributed by atoms with Crippen LogP contribution in [0, 0.1) is 11.7 Å². The van der Waals surface area contributed by atoms with Crippen molar-refractivity contribution in [2.45, 2.75) is 32.6 Å². The summed E-state index contributed by atoms with van der Waals surface area (Å²) in [6.07, 6.45) is -3.26. The largest absolute Gasteiger partial charge is 0.468 e. The summed E-state index contributed by atoms with van der Waals surface area (Å²) < 4.78 is 55.6. The van der Waals surface area contributed by atoms with E-state index < -0.39 is 36.5 Å². The second-order valence-electron chi connectivity index (χ2n) is 6.76. The number of ether oxygens (including phenoxy) is 1. The summed E-state index contributed by atoms with van der Waals surface area (Å²) in [6.45, 7) is 1.69. The normalized spacial score (nSPS) is 12.4. The molecule has 1 heterocycles. The van der Waals surface area contributed by atoms with Crippen LogP contribution in [0.1, 0.15) is 29.8 Å². The van der Waals surface area contributed by atoms with Gasteiger partial charge >= 0.3 is 6.18 Å². The van der Waals surface area contributed by atoms with Gasteiger partial charge in [-0.05, 0) is 24.1 Å². The van der Waals surface area contributed by atoms with Gasteiger partial charge in [-0.3, -0.25) is 9.59 Å². The van der Waals surface area contributed by atoms with Crippen LogP contribution in [0.25, 0.3) is 0 Å². The number of alkyl halides is 3. The van der Waals surface area contributed by atoms with Crippen LogP contribution in [0.3, 0.4) is 0 Å². The molecule has 1 unspecified atom stereocenters. The molecule has 1 atom stereocenters. The monoisotopic (exact) mass is 427 g/mol. The summed E-state index contributed by atoms with van der Waals surface area (Å²) in [5.74, 6) is -2.65. The van der Waals surface area contributed by atoms with E-state index in [9.17, 15) is 27.2 Å². The van der Waals surface area contributed by atoms with E-state index in [1.165, 1.54) is 36.5 Å². The van der Waals surface area contributed by atoms with Crippen LogP contribution in [0.2, 0.25) is 0 Å². The molecule has 0 radical (unpaired) electrons. The highest BCUT2D eigenvalue weighted by atomic mass is 19.4. The third kappa shape index (κ3) is 6.71. The van der Waals surface area contributed by atoms with Gasteiger partial charge < -0.3 is 15.4 Å². The fourth-order valence-corrected chi connectivity index (χ4v) is 2.53. The number of carbonyl (C=O) groups excluding carboxylic acids is 2. The smallest absolute Gasteiger partial charge is 0.422 e. The first-order valence-corrected chi connectivity index (χ1v) is 9.05. The number of halogens is 4. The standard InChI is InChI=1S/C20H21F4N3O3/c1-12(2)16(27-17(28)14-7-3-4-8-15(14)21)18(29)26-10-13-6-5-9-25-19(13)30-11-20(22,23)24/h3-9,12,16H,10-11H2,1-2H3,(H,26,29)(H,27,28). The molecule has 0 fully saturated rings. The van der Waals surface area contributed by atoms with E-state index in [0.29, 0.717) is 0 Å². The number of hydrogen-bond donors (Lipinski definition) is 2. The molecule has 30 heavy (non-hydrogen) atoms. The van der Waals surface area contributed by atoms with Crippen molar-refractivity contribution in [3.05, 3.63) is 59.5 Å². The molecule has 2 amide bonds. The van der Waals surface area contributed by atoms with E-state index >= 15 is 0 Å². The summed E-state index contributed by atoms with van der Waals surface area (Å²) in [4.78, 5) is 28.7. The van der Waals surface area contributed by atoms with Gasteiger partial charge in [0.25, 0.3) is 5.91 Å². The molecule has 2 rings (SSSR count). The van der Waals surface area contributed by atoms with Crippen molar-refractivity contribution in [2.24, 2.45) is 5.92 Å². The highest BCUT2D eigenvalue weighted by molar-refractivity contribution is 5.97. The number of aromatic nitrogens is 1. The number of amides is 2. The van der Waals surface area contributed by atoms with Crippen molar-refractivity contribution >= 4 is 11.8 Å². The maximum Gasteiger partial charge on any atom is 0.422 e. The zero-order valence-electron chi connectivity index (χ0n) is 16.3. The van der Waals surface area contributed by atoms with Crippen LogP contribution in [-0.4, -0.2) is 35.6 Å². The van der Waals surface area contributed by atoms with Crippen molar-refractivity contribution in [1.82, 2.24) is 15.6 Å². The Bertz CT molecular complexity index is 888. The molecule has 0 aliphatic rings. The van der Waals surface area contributed by atoms with Gasteiger partial charge in [0.1, 0.15) is 11.9 Å². The van der Waals surface area contributed by atoms with Crippen LogP contribution in [-0.2, 0) is 11.3 Å². The second kappa shape index (κ2) is 10.0. The molecule has 0 saturated carbocycles. The maximum atomic E-state index is 13.8. The van der Waals surface area contributed by atoms with Crippen molar-refractivity contribution in [1.29, 1.82) is 0 Å². The van der Waals surface area contributed by atoms with Gasteiger partial charge in [-0.1, -0.05) is 32.0 Å². The minimum Gasteiger partial charge on any atom is -0.468 e. The molecule has 10 heteroatoms. The number of hydrogen-bond acceptors (Lipinski definition) is 4. The van der Waals surface area contributed by atoms with Gasteiger partial charge in [0.2, 0.25) is 11.8 Å². The van der Waals surface area contributed by atoms with Gasteiger partial charge in [-0.2, -0.15) is 13.2 Å². The molecular weight excluding hydrogens is 406 g/mol. The van der Waals surface area contributed by atoms with Crippen molar-refractivity contribution < 1.29 is 31.9 Å². The first-order chi connectivity index (χ1) is 14.1. The molecule has 2 N–H and O–H groups in total. The molecule has 0 aliphatic carbocycles. The first-order valence-electron chi connectivity index (χ1n) is 9.05. The van der Waals surface area contributed by atoms with Crippen molar-refractivity contribution in [3.8, 4) is 5.88 Å². The van der Waals surface area contributed by atoms with Gasteiger partial charge in [-0.25, -0.2) is 9.37 Å². The molecular formula is C20H21F4N3O3. The van der Waals surface area contributed by atoms with Gasteiger partial charge in [-0.15, -0.1) is 0 Å². The average Bonchev–Trinajstić information content (AvgIpc) is 2.68. The zero-order chi connectivity index (χ0) is 22.3. The molecule has 0 bridgehead atoms. The van der Waals surface area contributed by atoms with E-state index in [1.54, 1.807) is 13.8 Å². The summed E-state index contributed by atoms with van der Waals surface area (Å²) in [5, 5.41) is 5.02. The maximum absolute atomic E-state index is 13.8. The minimum absolute atomic E-state index is 0.168. The molecule has 162 valence electrons. The minimum atomic E-state index is -4.53. The van der Waals surface area contributed by atoms with Gasteiger partial charge in [0, 0.05) is 18.3 Å². The highest BCUT2D eigenvalue weighted by Crippen LogP contribution is 2.20. The summed E-state index contributed by atoms with van der Waals surface area (Å²) in [7, 11) is 0. The Labute approximate surface area is 170 Å². The van der Waals surface area contributed by atoms with E-state index in [1.807, 2.05) is 0 Å². The average molecular weight is 427 g/mol. The SMILES string of the molecule is CC(C)C(NC(=O)c1ccccc1F)C(=O)NCc1cccnc1OCC(F)(F)F. The van der Waals surface area contributed by atoms with Crippen LogP contribution < -0.4 is 15.4 Å². The lowest BCUT2D eigenvalue weighted by Gasteiger charge is -2.22. The third-order valence-electron chi connectivity index (χ3n) is 4.03. The summed E-state index contributed by atoms with van der Waals surface area (Å²) in [5.41, 5.74) is 0.0316. The molecule has 0 aliphatic heterocycles. The predicted octanol–water partition coefficient (Wildman–Crippen LogP) is 3.23. The molecule has 0 saturated heterocycles. The van der Waals surface area contributed by atoms with E-state index in [2.05, 4.69) is 20.4 Å². The van der Waals surface area contributed by atoms with Gasteiger partial charge in [0.15, 0.2) is 6.61 Å². The summed E-state index contributed by atoms with van der Waals surface area (Å²) >= 11 is 0. The number of pyridine rings is 1. The Morgan fingerprint density at radius 2 is 1.83 bits per heavy atom. The lowest BCUT2D eigenvalue weighted by Crippen LogP contribution is -2.49. The fourth-order valence-electron chi connectivity index (χ4n) is 2.53. The number of nitrogens with one attached hydrogen (secondary N) is 2. The molecule has 0 spiro atoms. The van der Waals surface area contributed by atoms with E-state index in [4.69, 9.17) is 0 Å². The Balaban J connectivity index is 2.04. The van der Waals surface area contributed by atoms with Crippen LogP contribution >= 0.6 is 0 Å². The second-order valence-corrected chi connectivity index (χ2v) is 6.76. The van der Waals surface area contributed by atoms with Crippen molar-refractivity contribution in [2.75, 3.05) is 6.61 Å². The van der Waals surface area contributed by atoms with E-state index in [0.717, 1.165) is 6.07 Å². The molecule has 6 nitrogen and oxygen atoms in total. The van der Waals surface area contributed by atoms with Crippen LogP contribution in [0.5, 0.6) is 5.88 Å². The topological polar surface area (TPSA) is 80.3 Å². The van der Waals surface area contributed by atoms with Crippen molar-refractivity contribution in [3.63, 3.8) is 0 Å². The number of benzene rings is 1. The first kappa shape index (κ1) is 23.1. The Kier molecular flexibility index (Phi) is 7.73. The Morgan fingerprint density at radius 1 is 1.13 bits per heavy atom. The Hall–Kier alpha value is -3.17. The molecule has 1 aromatic heterocycles. The lowest BCUT2D eigenvalue weighted by atomic mass is 10.0. The quantitative estimate of drug-likeness (QED) is 0.634. The lowest BCUT2D eigenvalue weighted by molar-refractivity contribution is -0.154. The zero-order valence-corrected chi connectivity index (χ0v) is 16.3. The fraction of sp³-hybridized carbons (Fsp3) is 0.350. The Morgan fingerprint density at radius 3 is 2.47 bits per heavy atom. The third-order valence-corrected chi connectivity index (χ3v) is 4.03. The van der Waals surface area contributed by atoms with Crippen LogP contribution in [0.4, 0.5) is 17.6 Å². The summed E-state index contributed by atoms with van der Waals surface area (Å²) in [6, 6.07) is 7.30. The molecule has 1 aromatic carbocycles. The number of carbonyl (C=O) groups is 2. The molecule has 2 aromatic rings. The number of nitrogens with zero attached hydrogens (tertiary/aromatic N) is 1. The van der Waals surface area contributed by atoms with Gasteiger partial charge in [0.05, 0.1) is 5.56 Å². The predicted molar refractivity (Wildman–Crippen MR) is 100 cm³/mol.